The lowest BCUT2D eigenvalue weighted by molar-refractivity contribution is -0.140. The Morgan fingerprint density at radius 1 is 1.02 bits per heavy atom. The van der Waals surface area contributed by atoms with Crippen molar-refractivity contribution in [2.45, 2.75) is 114 Å². The number of amides is 1. The van der Waals surface area contributed by atoms with Crippen LogP contribution in [-0.4, -0.2) is 105 Å². The third-order valence-corrected chi connectivity index (χ3v) is 10.5. The lowest BCUT2D eigenvalue weighted by Gasteiger charge is -2.30. The molecule has 2 aromatic carbocycles. The molecule has 0 saturated heterocycles. The van der Waals surface area contributed by atoms with E-state index < -0.39 is 31.0 Å². The first-order valence-corrected chi connectivity index (χ1v) is 18.7. The number of aliphatic hydroxyl groups excluding tert-OH is 5. The number of aliphatic hydroxyl groups is 5. The van der Waals surface area contributed by atoms with Gasteiger partial charge in [-0.25, -0.2) is 0 Å². The van der Waals surface area contributed by atoms with E-state index in [2.05, 4.69) is 66.6 Å². The quantitative estimate of drug-likeness (QED) is 0.0839. The molecule has 0 bridgehead atoms. The predicted octanol–water partition coefficient (Wildman–Crippen LogP) is 3.95. The van der Waals surface area contributed by atoms with Crippen LogP contribution in [0.25, 0.3) is 11.1 Å². The minimum atomic E-state index is -1.75. The van der Waals surface area contributed by atoms with E-state index in [4.69, 9.17) is 14.6 Å². The van der Waals surface area contributed by atoms with E-state index in [-0.39, 0.29) is 30.3 Å². The van der Waals surface area contributed by atoms with Crippen LogP contribution in [0.3, 0.4) is 0 Å². The van der Waals surface area contributed by atoms with Crippen molar-refractivity contribution < 1.29 is 39.8 Å². The number of methoxy groups -OCH3 is 1. The fraction of sp³-hybridized carbons (Fsp3) is 0.561. The number of carbonyl (C=O) groups excluding carboxylic acids is 1. The fourth-order valence-electron chi connectivity index (χ4n) is 6.79. The summed E-state index contributed by atoms with van der Waals surface area (Å²) in [6, 6.07) is 17.0. The van der Waals surface area contributed by atoms with Crippen molar-refractivity contribution in [1.29, 1.82) is 0 Å². The first kappa shape index (κ1) is 39.8. The summed E-state index contributed by atoms with van der Waals surface area (Å²) >= 11 is 0. The number of carbonyl (C=O) groups is 1. The van der Waals surface area contributed by atoms with Gasteiger partial charge in [0.05, 0.1) is 12.7 Å². The summed E-state index contributed by atoms with van der Waals surface area (Å²) < 4.78 is 11.4. The molecule has 52 heavy (non-hydrogen) atoms. The van der Waals surface area contributed by atoms with E-state index in [1.54, 1.807) is 7.11 Å². The van der Waals surface area contributed by atoms with Gasteiger partial charge in [0.15, 0.2) is 0 Å². The van der Waals surface area contributed by atoms with Crippen LogP contribution in [0.2, 0.25) is 0 Å². The average molecular weight is 720 g/mol. The average Bonchev–Trinajstić information content (AvgIpc) is 4.11. The zero-order valence-electron chi connectivity index (χ0n) is 30.8. The van der Waals surface area contributed by atoms with Gasteiger partial charge >= 0.3 is 0 Å². The van der Waals surface area contributed by atoms with Crippen molar-refractivity contribution in [3.63, 3.8) is 0 Å². The monoisotopic (exact) mass is 719 g/mol. The molecule has 11 nitrogen and oxygen atoms in total. The maximum Gasteiger partial charge on any atom is 0.222 e. The van der Waals surface area contributed by atoms with Crippen molar-refractivity contribution in [1.82, 2.24) is 15.2 Å². The Balaban J connectivity index is 1.18. The maximum atomic E-state index is 13.3. The Kier molecular flexibility index (Phi) is 14.2. The molecule has 2 saturated carbocycles. The zero-order chi connectivity index (χ0) is 37.3. The number of nitrogens with zero attached hydrogens (tertiary/aromatic N) is 2. The predicted molar refractivity (Wildman–Crippen MR) is 199 cm³/mol. The second-order valence-corrected chi connectivity index (χ2v) is 14.6. The second kappa shape index (κ2) is 18.6. The molecule has 1 heterocycles. The van der Waals surface area contributed by atoms with Crippen LogP contribution in [0.1, 0.15) is 86.5 Å². The normalized spacial score (nSPS) is 17.9. The summed E-state index contributed by atoms with van der Waals surface area (Å²) in [6.45, 7) is 4.77. The highest BCUT2D eigenvalue weighted by Gasteiger charge is 2.46. The Bertz CT molecular complexity index is 1600. The molecule has 1 aromatic heterocycles. The van der Waals surface area contributed by atoms with E-state index in [1.807, 2.05) is 18.5 Å². The smallest absolute Gasteiger partial charge is 0.222 e. The number of para-hydroxylation sites is 1. The number of benzene rings is 2. The minimum absolute atomic E-state index is 0.153. The summed E-state index contributed by atoms with van der Waals surface area (Å²) in [5.41, 5.74) is 6.97. The first-order chi connectivity index (χ1) is 25.1. The standard InChI is InChI=1S/C41H57N3O8/c1-27(8-6-11-38(48)44(20-7-21-51-3)25-35(46)39(49)40(50)36(47)26-45)29-13-12-28(2)30(22-29)23-43-41(17-18-41)34-24-42-19-16-32(34)33-9-4-5-10-37(33)52-31-14-15-31/h4-5,9-10,12-13,16,19,22,24,27,31,35-36,39-40,43,45-47,49-50H,6-8,11,14-15,17-18,20-21,23,25-26H2,1-3H3/t27?,35-,36+,39+,40+/m0/s1. The topological polar surface area (TPSA) is 165 Å². The van der Waals surface area contributed by atoms with E-state index in [0.717, 1.165) is 49.0 Å². The van der Waals surface area contributed by atoms with Crippen LogP contribution in [0, 0.1) is 6.92 Å². The van der Waals surface area contributed by atoms with Gasteiger partial charge in [0.2, 0.25) is 5.91 Å². The lowest BCUT2D eigenvalue weighted by atomic mass is 9.91. The zero-order valence-corrected chi connectivity index (χ0v) is 30.8. The molecule has 2 aliphatic rings. The van der Waals surface area contributed by atoms with Crippen LogP contribution >= 0.6 is 0 Å². The van der Waals surface area contributed by atoms with Gasteiger partial charge in [-0.15, -0.1) is 0 Å². The van der Waals surface area contributed by atoms with Crippen molar-refractivity contribution in [2.24, 2.45) is 0 Å². The first-order valence-electron chi connectivity index (χ1n) is 18.7. The highest BCUT2D eigenvalue weighted by atomic mass is 16.5. The van der Waals surface area contributed by atoms with Gasteiger partial charge in [-0.05, 0) is 97.7 Å². The van der Waals surface area contributed by atoms with Gasteiger partial charge in [0, 0.05) is 63.3 Å². The van der Waals surface area contributed by atoms with Gasteiger partial charge in [-0.3, -0.25) is 9.78 Å². The summed E-state index contributed by atoms with van der Waals surface area (Å²) in [7, 11) is 1.57. The molecular weight excluding hydrogens is 662 g/mol. The Morgan fingerprint density at radius 3 is 2.48 bits per heavy atom. The Hall–Kier alpha value is -3.42. The van der Waals surface area contributed by atoms with Crippen LogP contribution in [0.4, 0.5) is 0 Å². The van der Waals surface area contributed by atoms with E-state index in [0.29, 0.717) is 38.6 Å². The number of hydrogen-bond donors (Lipinski definition) is 6. The molecule has 3 aromatic rings. The molecule has 2 fully saturated rings. The molecule has 5 rings (SSSR count). The van der Waals surface area contributed by atoms with Crippen molar-refractivity contribution >= 4 is 5.91 Å². The molecule has 2 aliphatic carbocycles. The minimum Gasteiger partial charge on any atom is -0.490 e. The van der Waals surface area contributed by atoms with Crippen LogP contribution in [0.15, 0.2) is 60.9 Å². The molecule has 11 heteroatoms. The number of nitrogens with one attached hydrogen (secondary N) is 1. The summed E-state index contributed by atoms with van der Waals surface area (Å²) in [5.74, 6) is 0.962. The van der Waals surface area contributed by atoms with Gasteiger partial charge in [0.25, 0.3) is 0 Å². The number of pyridine rings is 1. The molecule has 1 unspecified atom stereocenters. The Labute approximate surface area is 307 Å². The Morgan fingerprint density at radius 2 is 1.77 bits per heavy atom. The van der Waals surface area contributed by atoms with Crippen molar-refractivity contribution in [3.05, 3.63) is 83.2 Å². The molecule has 0 radical (unpaired) electrons. The maximum absolute atomic E-state index is 13.3. The molecule has 0 aliphatic heterocycles. The molecule has 0 spiro atoms. The molecular formula is C41H57N3O8. The van der Waals surface area contributed by atoms with Gasteiger partial charge in [-0.1, -0.05) is 43.3 Å². The molecule has 284 valence electrons. The van der Waals surface area contributed by atoms with Crippen molar-refractivity contribution in [2.75, 3.05) is 33.4 Å². The van der Waals surface area contributed by atoms with Gasteiger partial charge < -0.3 is 45.2 Å². The van der Waals surface area contributed by atoms with Crippen LogP contribution in [-0.2, 0) is 21.6 Å². The van der Waals surface area contributed by atoms with Crippen LogP contribution < -0.4 is 10.1 Å². The number of rotatable bonds is 22. The largest absolute Gasteiger partial charge is 0.490 e. The molecule has 1 amide bonds. The molecule has 5 atom stereocenters. The highest BCUT2D eigenvalue weighted by molar-refractivity contribution is 5.76. The number of aromatic nitrogens is 1. The number of ether oxygens (including phenoxy) is 2. The van der Waals surface area contributed by atoms with E-state index in [1.165, 1.54) is 27.2 Å². The van der Waals surface area contributed by atoms with E-state index in [9.17, 15) is 25.2 Å². The summed E-state index contributed by atoms with van der Waals surface area (Å²) in [6.07, 6.45) is 4.08. The number of hydrogen-bond acceptors (Lipinski definition) is 10. The van der Waals surface area contributed by atoms with Crippen LogP contribution in [0.5, 0.6) is 5.75 Å². The SMILES string of the molecule is COCCCN(C[C@H](O)[C@@H](O)[C@H](O)[C@H](O)CO)C(=O)CCCC(C)c1ccc(C)c(CNC2(c3cnccc3-c3ccccc3OC3CC3)CC2)c1. The van der Waals surface area contributed by atoms with Gasteiger partial charge in [-0.2, -0.15) is 0 Å². The van der Waals surface area contributed by atoms with E-state index >= 15 is 0 Å². The third kappa shape index (κ3) is 10.4. The highest BCUT2D eigenvalue weighted by Crippen LogP contribution is 2.50. The third-order valence-electron chi connectivity index (χ3n) is 10.5. The fourth-order valence-corrected chi connectivity index (χ4v) is 6.79. The number of aryl methyl sites for hydroxylation is 1. The van der Waals surface area contributed by atoms with Crippen molar-refractivity contribution in [3.8, 4) is 16.9 Å². The van der Waals surface area contributed by atoms with Gasteiger partial charge in [0.1, 0.15) is 30.2 Å². The summed E-state index contributed by atoms with van der Waals surface area (Å²) in [5, 5.41) is 53.6. The molecule has 6 N–H and O–H groups in total. The second-order valence-electron chi connectivity index (χ2n) is 14.6. The summed E-state index contributed by atoms with van der Waals surface area (Å²) in [4.78, 5) is 19.3. The lowest BCUT2D eigenvalue weighted by Crippen LogP contribution is -2.50.